The second kappa shape index (κ2) is 7.96. The van der Waals surface area contributed by atoms with Crippen LogP contribution in [0.5, 0.6) is 0 Å². The molecule has 0 atom stereocenters. The second-order valence-corrected chi connectivity index (χ2v) is 10.9. The Morgan fingerprint density at radius 3 is 2.55 bits per heavy atom. The zero-order chi connectivity index (χ0) is 24.0. The number of hydrogen-bond acceptors (Lipinski definition) is 8. The number of hydrogen-bond donors (Lipinski definition) is 1. The third kappa shape index (κ3) is 4.62. The van der Waals surface area contributed by atoms with Crippen LogP contribution in [0.3, 0.4) is 0 Å². The fourth-order valence-electron chi connectivity index (χ4n) is 3.97. The van der Waals surface area contributed by atoms with Gasteiger partial charge in [0.25, 0.3) is 5.82 Å². The largest absolute Gasteiger partial charge is 0.443 e. The number of aryl methyl sites for hydroxylation is 1. The van der Waals surface area contributed by atoms with Gasteiger partial charge < -0.3 is 14.5 Å². The Bertz CT molecular complexity index is 1220. The molecule has 2 aromatic rings. The number of nitrogens with one attached hydrogen (secondary N) is 1. The van der Waals surface area contributed by atoms with Crippen LogP contribution in [-0.2, 0) is 22.0 Å². The first-order chi connectivity index (χ1) is 15.4. The van der Waals surface area contributed by atoms with Gasteiger partial charge in [-0.15, -0.1) is 4.98 Å². The number of piperidine rings is 1. The standard InChI is InChI=1S/C20H26N8O4S/c1-19(2,3)32-18(29)28-13-20(25-33(28,30)31)6-8-27(9-7-20)15-11-22-17(21-4)16(24-15)14-10-23-26(5)12-14/h10-12,25H,6-9,13H2,1-3,5H3. The zero-order valence-corrected chi connectivity index (χ0v) is 19.8. The maximum absolute atomic E-state index is 12.6. The van der Waals surface area contributed by atoms with Gasteiger partial charge in [0, 0.05) is 31.9 Å². The van der Waals surface area contributed by atoms with E-state index in [4.69, 9.17) is 11.3 Å². The van der Waals surface area contributed by atoms with Crippen LogP contribution in [-0.4, -0.2) is 69.3 Å². The smallest absolute Gasteiger partial charge is 0.425 e. The predicted octanol–water partition coefficient (Wildman–Crippen LogP) is 1.85. The van der Waals surface area contributed by atoms with E-state index in [1.807, 2.05) is 4.90 Å². The van der Waals surface area contributed by atoms with Crippen molar-refractivity contribution in [3.63, 3.8) is 0 Å². The van der Waals surface area contributed by atoms with Crippen molar-refractivity contribution in [3.05, 3.63) is 30.0 Å². The average Bonchev–Trinajstić information content (AvgIpc) is 3.27. The monoisotopic (exact) mass is 474 g/mol. The number of rotatable bonds is 2. The van der Waals surface area contributed by atoms with Crippen molar-refractivity contribution >= 4 is 27.9 Å². The van der Waals surface area contributed by atoms with Crippen LogP contribution in [0.1, 0.15) is 33.6 Å². The topological polar surface area (TPSA) is 127 Å². The third-order valence-corrected chi connectivity index (χ3v) is 7.10. The molecule has 33 heavy (non-hydrogen) atoms. The molecule has 176 valence electrons. The maximum Gasteiger partial charge on any atom is 0.425 e. The summed E-state index contributed by atoms with van der Waals surface area (Å²) in [5.74, 6) is 0.790. The maximum atomic E-state index is 12.6. The van der Waals surface area contributed by atoms with Gasteiger partial charge in [0.15, 0.2) is 12.0 Å². The van der Waals surface area contributed by atoms with Crippen LogP contribution in [0.2, 0.25) is 0 Å². The minimum atomic E-state index is -3.98. The molecule has 1 N–H and O–H groups in total. The first-order valence-corrected chi connectivity index (χ1v) is 11.9. The lowest BCUT2D eigenvalue weighted by Crippen LogP contribution is -2.52. The van der Waals surface area contributed by atoms with Crippen LogP contribution in [0.4, 0.5) is 16.4 Å². The van der Waals surface area contributed by atoms with Crippen LogP contribution in [0, 0.1) is 6.57 Å². The Morgan fingerprint density at radius 2 is 1.97 bits per heavy atom. The van der Waals surface area contributed by atoms with E-state index in [0.717, 1.165) is 4.31 Å². The molecule has 2 aliphatic heterocycles. The fraction of sp³-hybridized carbons (Fsp3) is 0.550. The molecule has 2 aliphatic rings. The van der Waals surface area contributed by atoms with Gasteiger partial charge in [-0.05, 0) is 33.6 Å². The molecular weight excluding hydrogens is 448 g/mol. The third-order valence-electron chi connectivity index (χ3n) is 5.55. The molecule has 0 unspecified atom stereocenters. The van der Waals surface area contributed by atoms with Gasteiger partial charge in [-0.25, -0.2) is 9.78 Å². The molecule has 0 radical (unpaired) electrons. The molecule has 0 aliphatic carbocycles. The van der Waals surface area contributed by atoms with Crippen molar-refractivity contribution in [1.29, 1.82) is 0 Å². The molecule has 2 fully saturated rings. The van der Waals surface area contributed by atoms with Crippen molar-refractivity contribution in [2.24, 2.45) is 7.05 Å². The van der Waals surface area contributed by atoms with Crippen molar-refractivity contribution in [2.75, 3.05) is 24.5 Å². The van der Waals surface area contributed by atoms with Gasteiger partial charge >= 0.3 is 16.3 Å². The van der Waals surface area contributed by atoms with E-state index in [-0.39, 0.29) is 12.4 Å². The van der Waals surface area contributed by atoms with Crippen LogP contribution in [0.15, 0.2) is 18.6 Å². The molecule has 2 aromatic heterocycles. The number of carbonyl (C=O) groups excluding carboxylic acids is 1. The minimum absolute atomic E-state index is 0.0152. The highest BCUT2D eigenvalue weighted by Crippen LogP contribution is 2.34. The Balaban J connectivity index is 1.50. The van der Waals surface area contributed by atoms with E-state index in [0.29, 0.717) is 43.0 Å². The Kier molecular flexibility index (Phi) is 5.53. The lowest BCUT2D eigenvalue weighted by molar-refractivity contribution is 0.0381. The van der Waals surface area contributed by atoms with Gasteiger partial charge in [-0.1, -0.05) is 6.57 Å². The summed E-state index contributed by atoms with van der Waals surface area (Å²) in [6.45, 7) is 13.5. The normalized spacial score (nSPS) is 19.5. The molecule has 12 nitrogen and oxygen atoms in total. The number of anilines is 1. The van der Waals surface area contributed by atoms with Gasteiger partial charge in [-0.2, -0.15) is 22.5 Å². The Hall–Kier alpha value is -3.24. The molecule has 1 amide bonds. The highest BCUT2D eigenvalue weighted by Gasteiger charge is 2.51. The van der Waals surface area contributed by atoms with E-state index < -0.39 is 27.4 Å². The summed E-state index contributed by atoms with van der Waals surface area (Å²) < 4.78 is 35.6. The van der Waals surface area contributed by atoms with E-state index in [1.54, 1.807) is 51.1 Å². The number of amides is 1. The van der Waals surface area contributed by atoms with Crippen LogP contribution < -0.4 is 9.62 Å². The second-order valence-electron chi connectivity index (χ2n) is 9.28. The lowest BCUT2D eigenvalue weighted by Gasteiger charge is -2.38. The van der Waals surface area contributed by atoms with Crippen molar-refractivity contribution in [2.45, 2.75) is 44.8 Å². The first kappa shape index (κ1) is 22.9. The number of nitrogens with zero attached hydrogens (tertiary/aromatic N) is 7. The Morgan fingerprint density at radius 1 is 1.27 bits per heavy atom. The molecule has 4 heterocycles. The van der Waals surface area contributed by atoms with Gasteiger partial charge in [0.1, 0.15) is 11.3 Å². The van der Waals surface area contributed by atoms with Crippen LogP contribution >= 0.6 is 0 Å². The first-order valence-electron chi connectivity index (χ1n) is 10.4. The van der Waals surface area contributed by atoms with E-state index >= 15 is 0 Å². The highest BCUT2D eigenvalue weighted by molar-refractivity contribution is 7.88. The van der Waals surface area contributed by atoms with E-state index in [1.165, 1.54) is 0 Å². The number of ether oxygens (including phenoxy) is 1. The summed E-state index contributed by atoms with van der Waals surface area (Å²) in [6, 6.07) is 0. The van der Waals surface area contributed by atoms with Crippen molar-refractivity contribution in [1.82, 2.24) is 28.8 Å². The fourth-order valence-corrected chi connectivity index (χ4v) is 5.54. The summed E-state index contributed by atoms with van der Waals surface area (Å²) in [5, 5.41) is 4.14. The summed E-state index contributed by atoms with van der Waals surface area (Å²) in [5.41, 5.74) is -0.410. The van der Waals surface area contributed by atoms with Crippen molar-refractivity contribution in [3.8, 4) is 11.3 Å². The van der Waals surface area contributed by atoms with Crippen molar-refractivity contribution < 1.29 is 17.9 Å². The molecule has 0 aromatic carbocycles. The summed E-state index contributed by atoms with van der Waals surface area (Å²) in [6.07, 6.45) is 5.02. The summed E-state index contributed by atoms with van der Waals surface area (Å²) in [4.78, 5) is 26.8. The molecular formula is C20H26N8O4S. The van der Waals surface area contributed by atoms with E-state index in [2.05, 4.69) is 24.6 Å². The number of carbonyl (C=O) groups is 1. The minimum Gasteiger partial charge on any atom is -0.443 e. The molecule has 13 heteroatoms. The summed E-state index contributed by atoms with van der Waals surface area (Å²) >= 11 is 0. The quantitative estimate of drug-likeness (QED) is 0.654. The van der Waals surface area contributed by atoms with Gasteiger partial charge in [-0.3, -0.25) is 4.68 Å². The molecule has 0 bridgehead atoms. The van der Waals surface area contributed by atoms with E-state index in [9.17, 15) is 13.2 Å². The lowest BCUT2D eigenvalue weighted by atomic mass is 9.88. The SMILES string of the molecule is [C-]#[N+]c1ncc(N2CCC3(CC2)CN(C(=O)OC(C)(C)C)S(=O)(=O)N3)nc1-c1cnn(C)c1. The summed E-state index contributed by atoms with van der Waals surface area (Å²) in [7, 11) is -2.20. The number of aromatic nitrogens is 4. The molecule has 0 saturated carbocycles. The van der Waals surface area contributed by atoms with Crippen LogP contribution in [0.25, 0.3) is 16.1 Å². The predicted molar refractivity (Wildman–Crippen MR) is 120 cm³/mol. The van der Waals surface area contributed by atoms with Gasteiger partial charge in [0.2, 0.25) is 0 Å². The zero-order valence-electron chi connectivity index (χ0n) is 18.9. The molecule has 1 spiro atoms. The molecule has 2 saturated heterocycles. The highest BCUT2D eigenvalue weighted by atomic mass is 32.2. The Labute approximate surface area is 192 Å². The molecule has 4 rings (SSSR count). The van der Waals surface area contributed by atoms with Gasteiger partial charge in [0.05, 0.1) is 18.3 Å². The average molecular weight is 475 g/mol.